The number of hydrogen-bond donors (Lipinski definition) is 1. The number of amides is 2. The number of carbonyl (C=O) groups is 1. The lowest BCUT2D eigenvalue weighted by atomic mass is 10.2. The topological polar surface area (TPSA) is 64.6 Å². The fourth-order valence-corrected chi connectivity index (χ4v) is 3.85. The molecular formula is C19H22F2N6O. The van der Waals surface area contributed by atoms with Crippen LogP contribution in [0.4, 0.5) is 36.7 Å². The first-order valence-corrected chi connectivity index (χ1v) is 9.43. The van der Waals surface area contributed by atoms with Gasteiger partial charge in [-0.2, -0.15) is 4.98 Å². The number of nitrogens with zero attached hydrogens (tertiary/aromatic N) is 5. The summed E-state index contributed by atoms with van der Waals surface area (Å²) in [7, 11) is 1.67. The van der Waals surface area contributed by atoms with Crippen LogP contribution in [-0.2, 0) is 0 Å². The number of halogens is 2. The molecule has 9 heteroatoms. The van der Waals surface area contributed by atoms with Crippen molar-refractivity contribution in [3.63, 3.8) is 0 Å². The van der Waals surface area contributed by atoms with Crippen LogP contribution in [0.5, 0.6) is 0 Å². The van der Waals surface area contributed by atoms with Crippen molar-refractivity contribution in [1.29, 1.82) is 0 Å². The van der Waals surface area contributed by atoms with Crippen molar-refractivity contribution in [2.75, 3.05) is 28.8 Å². The largest absolute Gasteiger partial charge is 0.343 e. The molecule has 1 N–H and O–H groups in total. The van der Waals surface area contributed by atoms with Gasteiger partial charge in [0, 0.05) is 13.6 Å². The van der Waals surface area contributed by atoms with Crippen molar-refractivity contribution in [2.45, 2.75) is 38.6 Å². The van der Waals surface area contributed by atoms with Gasteiger partial charge in [-0.05, 0) is 31.9 Å². The molecule has 4 rings (SSSR count). The molecule has 0 radical (unpaired) electrons. The van der Waals surface area contributed by atoms with Crippen molar-refractivity contribution >= 4 is 29.2 Å². The van der Waals surface area contributed by atoms with E-state index in [-0.39, 0.29) is 23.7 Å². The second kappa shape index (κ2) is 7.21. The zero-order chi connectivity index (χ0) is 19.8. The number of anilines is 4. The van der Waals surface area contributed by atoms with Crippen LogP contribution in [0.25, 0.3) is 0 Å². The number of benzene rings is 1. The lowest BCUT2D eigenvalue weighted by molar-refractivity contribution is 0.191. The van der Waals surface area contributed by atoms with Gasteiger partial charge in [0.05, 0.1) is 12.2 Å². The second-order valence-corrected chi connectivity index (χ2v) is 6.96. The number of urea groups is 1. The molecule has 0 unspecified atom stereocenters. The first-order chi connectivity index (χ1) is 13.5. The van der Waals surface area contributed by atoms with E-state index in [4.69, 9.17) is 0 Å². The van der Waals surface area contributed by atoms with Crippen LogP contribution >= 0.6 is 0 Å². The van der Waals surface area contributed by atoms with Crippen molar-refractivity contribution in [3.8, 4) is 0 Å². The van der Waals surface area contributed by atoms with Crippen LogP contribution in [0.15, 0.2) is 24.4 Å². The average Bonchev–Trinajstić information content (AvgIpc) is 3.21. The zero-order valence-electron chi connectivity index (χ0n) is 15.8. The highest BCUT2D eigenvalue weighted by Crippen LogP contribution is 2.39. The van der Waals surface area contributed by atoms with E-state index in [2.05, 4.69) is 15.3 Å². The van der Waals surface area contributed by atoms with Crippen LogP contribution in [0.2, 0.25) is 0 Å². The predicted octanol–water partition coefficient (Wildman–Crippen LogP) is 4.05. The van der Waals surface area contributed by atoms with Gasteiger partial charge in [-0.15, -0.1) is 0 Å². The number of rotatable bonds is 4. The molecule has 7 nitrogen and oxygen atoms in total. The van der Waals surface area contributed by atoms with E-state index < -0.39 is 11.6 Å². The van der Waals surface area contributed by atoms with Gasteiger partial charge >= 0.3 is 6.03 Å². The van der Waals surface area contributed by atoms with Gasteiger partial charge < -0.3 is 5.32 Å². The summed E-state index contributed by atoms with van der Waals surface area (Å²) >= 11 is 0. The molecule has 148 valence electrons. The first-order valence-electron chi connectivity index (χ1n) is 9.43. The molecule has 1 saturated carbocycles. The van der Waals surface area contributed by atoms with Gasteiger partial charge in [0.2, 0.25) is 5.95 Å². The van der Waals surface area contributed by atoms with Gasteiger partial charge in [0.15, 0.2) is 5.82 Å². The second-order valence-electron chi connectivity index (χ2n) is 6.96. The fourth-order valence-electron chi connectivity index (χ4n) is 3.85. The van der Waals surface area contributed by atoms with E-state index in [0.717, 1.165) is 25.7 Å². The molecule has 2 amide bonds. The van der Waals surface area contributed by atoms with E-state index in [0.29, 0.717) is 18.1 Å². The van der Waals surface area contributed by atoms with Crippen molar-refractivity contribution in [1.82, 2.24) is 15.0 Å². The average molecular weight is 388 g/mol. The number of hydrazine groups is 1. The maximum absolute atomic E-state index is 14.0. The Morgan fingerprint density at radius 1 is 1.21 bits per heavy atom. The molecule has 1 aromatic carbocycles. The SMILES string of the molecule is CCN1C(=O)N(C)c2cnc(Nc3c(F)cccc3F)nc2N1C1CCCC1. The maximum Gasteiger partial charge on any atom is 0.343 e. The van der Waals surface area contributed by atoms with E-state index in [1.54, 1.807) is 12.1 Å². The minimum atomic E-state index is -0.726. The highest BCUT2D eigenvalue weighted by atomic mass is 19.1. The quantitative estimate of drug-likeness (QED) is 0.856. The smallest absolute Gasteiger partial charge is 0.319 e. The monoisotopic (exact) mass is 388 g/mol. The Labute approximate surface area is 161 Å². The third kappa shape index (κ3) is 3.00. The van der Waals surface area contributed by atoms with Crippen molar-refractivity contribution < 1.29 is 13.6 Å². The number of aromatic nitrogens is 2. The number of carbonyl (C=O) groups excluding carboxylic acids is 1. The molecule has 2 heterocycles. The Kier molecular flexibility index (Phi) is 4.74. The Balaban J connectivity index is 1.76. The zero-order valence-corrected chi connectivity index (χ0v) is 15.8. The van der Waals surface area contributed by atoms with Crippen molar-refractivity contribution in [3.05, 3.63) is 36.0 Å². The molecular weight excluding hydrogens is 366 g/mol. The van der Waals surface area contributed by atoms with Gasteiger partial charge in [-0.25, -0.2) is 23.6 Å². The molecule has 1 fully saturated rings. The van der Waals surface area contributed by atoms with Crippen molar-refractivity contribution in [2.24, 2.45) is 0 Å². The summed E-state index contributed by atoms with van der Waals surface area (Å²) in [6.45, 7) is 2.40. The summed E-state index contributed by atoms with van der Waals surface area (Å²) in [4.78, 5) is 23.0. The fraction of sp³-hybridized carbons (Fsp3) is 0.421. The molecule has 0 saturated heterocycles. The molecule has 1 aliphatic carbocycles. The Bertz CT molecular complexity index is 882. The number of para-hydroxylation sites is 1. The predicted molar refractivity (Wildman–Crippen MR) is 103 cm³/mol. The van der Waals surface area contributed by atoms with Gasteiger partial charge in [-0.1, -0.05) is 18.9 Å². The van der Waals surface area contributed by atoms with E-state index in [1.807, 2.05) is 11.9 Å². The lowest BCUT2D eigenvalue weighted by Gasteiger charge is -2.45. The summed E-state index contributed by atoms with van der Waals surface area (Å²) in [6.07, 6.45) is 5.61. The maximum atomic E-state index is 14.0. The molecule has 0 atom stereocenters. The Morgan fingerprint density at radius 2 is 1.89 bits per heavy atom. The molecule has 0 bridgehead atoms. The third-order valence-electron chi connectivity index (χ3n) is 5.27. The molecule has 2 aliphatic rings. The minimum absolute atomic E-state index is 0.0737. The van der Waals surface area contributed by atoms with Crippen LogP contribution in [0.1, 0.15) is 32.6 Å². The summed E-state index contributed by atoms with van der Waals surface area (Å²) in [5, 5.41) is 6.23. The highest BCUT2D eigenvalue weighted by Gasteiger charge is 2.39. The van der Waals surface area contributed by atoms with Gasteiger partial charge in [-0.3, -0.25) is 9.91 Å². The Hall–Kier alpha value is -2.97. The number of hydrogen-bond acceptors (Lipinski definition) is 5. The van der Waals surface area contributed by atoms with Gasteiger partial charge in [0.1, 0.15) is 23.0 Å². The molecule has 28 heavy (non-hydrogen) atoms. The number of fused-ring (bicyclic) bond motifs is 1. The minimum Gasteiger partial charge on any atom is -0.319 e. The molecule has 2 aromatic rings. The third-order valence-corrected chi connectivity index (χ3v) is 5.27. The summed E-state index contributed by atoms with van der Waals surface area (Å²) < 4.78 is 28.0. The van der Waals surface area contributed by atoms with Crippen LogP contribution in [0.3, 0.4) is 0 Å². The van der Waals surface area contributed by atoms with Crippen LogP contribution in [-0.4, -0.2) is 40.6 Å². The summed E-state index contributed by atoms with van der Waals surface area (Å²) in [5.74, 6) is -0.817. The first kappa shape index (κ1) is 18.4. The van der Waals surface area contributed by atoms with Crippen LogP contribution < -0.4 is 15.2 Å². The number of nitrogens with one attached hydrogen (secondary N) is 1. The van der Waals surface area contributed by atoms with Crippen LogP contribution in [0, 0.1) is 11.6 Å². The summed E-state index contributed by atoms with van der Waals surface area (Å²) in [6, 6.07) is 3.64. The van der Waals surface area contributed by atoms with E-state index >= 15 is 0 Å². The van der Waals surface area contributed by atoms with E-state index in [9.17, 15) is 13.6 Å². The molecule has 0 spiro atoms. The summed E-state index contributed by atoms with van der Waals surface area (Å²) in [5.41, 5.74) is 0.267. The molecule has 1 aliphatic heterocycles. The normalized spacial score (nSPS) is 17.3. The van der Waals surface area contributed by atoms with Gasteiger partial charge in [0.25, 0.3) is 0 Å². The lowest BCUT2D eigenvalue weighted by Crippen LogP contribution is -2.59. The molecule has 1 aromatic heterocycles. The Morgan fingerprint density at radius 3 is 2.54 bits per heavy atom. The highest BCUT2D eigenvalue weighted by molar-refractivity contribution is 5.98. The standard InChI is InChI=1S/C19H22F2N6O/c1-3-26-19(28)25(2)15-11-22-18(23-16-13(20)9-6-10-14(16)21)24-17(15)27(26)12-7-4-5-8-12/h6,9-12H,3-5,7-8H2,1-2H3,(H,22,23,24). The van der Waals surface area contributed by atoms with E-state index in [1.165, 1.54) is 29.3 Å².